The van der Waals surface area contributed by atoms with E-state index in [9.17, 15) is 36.7 Å². The molecular formula is C22H20F4N2O10. The van der Waals surface area contributed by atoms with Gasteiger partial charge < -0.3 is 39.7 Å². The lowest BCUT2D eigenvalue weighted by molar-refractivity contribution is -0.138. The van der Waals surface area contributed by atoms with E-state index in [1.807, 2.05) is 0 Å². The fourth-order valence-corrected chi connectivity index (χ4v) is 3.21. The molecule has 0 saturated carbocycles. The quantitative estimate of drug-likeness (QED) is 0.187. The molecule has 0 aliphatic carbocycles. The standard InChI is InChI=1S/C22H20F4N2O10/c23-11-1-3-13(27(7-15(29)30)8-16(31)32)21(19(11)25)37-5-6-38-22-14(4-2-12(24)20(22)26)28(9-17(33)34)10-18(35)36/h1-4H,5-10H2,(H,29,30)(H,31,32)(H,33,34)(H,35,36)/i23+0,24+0,25+0,26+0. The summed E-state index contributed by atoms with van der Waals surface area (Å²) in [6.07, 6.45) is 0. The molecule has 16 heteroatoms. The largest absolute Gasteiger partial charge is 0.485 e. The molecule has 2 aromatic carbocycles. The molecule has 0 aromatic heterocycles. The van der Waals surface area contributed by atoms with Gasteiger partial charge in [0.15, 0.2) is 23.1 Å². The molecule has 0 aliphatic rings. The number of rotatable bonds is 15. The molecule has 4 N–H and O–H groups in total. The molecule has 0 radical (unpaired) electrons. The lowest BCUT2D eigenvalue weighted by atomic mass is 10.2. The summed E-state index contributed by atoms with van der Waals surface area (Å²) in [5, 5.41) is 36.1. The summed E-state index contributed by atoms with van der Waals surface area (Å²) in [5.41, 5.74) is -0.888. The van der Waals surface area contributed by atoms with Gasteiger partial charge in [-0.15, -0.1) is 0 Å². The van der Waals surface area contributed by atoms with E-state index in [0.29, 0.717) is 21.9 Å². The predicted molar refractivity (Wildman–Crippen MR) is 119 cm³/mol. The number of hydrogen-bond donors (Lipinski definition) is 4. The van der Waals surface area contributed by atoms with E-state index in [0.717, 1.165) is 12.1 Å². The highest BCUT2D eigenvalue weighted by Gasteiger charge is 2.25. The maximum atomic E-state index is 14.5. The number of carbonyl (C=O) groups is 4. The number of ether oxygens (including phenoxy) is 2. The van der Waals surface area contributed by atoms with E-state index in [2.05, 4.69) is 0 Å². The van der Waals surface area contributed by atoms with Gasteiger partial charge in [0, 0.05) is 0 Å². The van der Waals surface area contributed by atoms with Gasteiger partial charge in [-0.05, 0) is 24.3 Å². The Morgan fingerprint density at radius 1 is 0.579 bits per heavy atom. The van der Waals surface area contributed by atoms with Gasteiger partial charge in [0.1, 0.15) is 39.4 Å². The molecule has 0 unspecified atom stereocenters. The first-order chi connectivity index (χ1) is 17.8. The summed E-state index contributed by atoms with van der Waals surface area (Å²) in [7, 11) is 0. The molecule has 2 aromatic rings. The van der Waals surface area contributed by atoms with Gasteiger partial charge in [0.2, 0.25) is 11.6 Å². The van der Waals surface area contributed by atoms with Crippen molar-refractivity contribution in [1.82, 2.24) is 0 Å². The van der Waals surface area contributed by atoms with Gasteiger partial charge in [0.25, 0.3) is 0 Å². The van der Waals surface area contributed by atoms with Gasteiger partial charge in [-0.25, -0.2) is 8.78 Å². The number of aliphatic carboxylic acids is 4. The minimum Gasteiger partial charge on any atom is -0.485 e. The minimum atomic E-state index is -1.60. The maximum absolute atomic E-state index is 14.5. The average Bonchev–Trinajstić information content (AvgIpc) is 2.79. The van der Waals surface area contributed by atoms with Crippen LogP contribution in [0.3, 0.4) is 0 Å². The molecule has 0 aliphatic heterocycles. The summed E-state index contributed by atoms with van der Waals surface area (Å²) in [5.74, 6) is -13.8. The van der Waals surface area contributed by atoms with E-state index >= 15 is 0 Å². The van der Waals surface area contributed by atoms with Crippen LogP contribution in [0.1, 0.15) is 0 Å². The first-order valence-corrected chi connectivity index (χ1v) is 10.4. The molecule has 0 atom stereocenters. The number of halogens is 4. The summed E-state index contributed by atoms with van der Waals surface area (Å²) in [6.45, 7) is -5.13. The monoisotopic (exact) mass is 548 g/mol. The number of carboxylic acid groups (broad SMARTS) is 4. The Morgan fingerprint density at radius 3 is 1.13 bits per heavy atom. The highest BCUT2D eigenvalue weighted by molar-refractivity contribution is 5.82. The number of anilines is 2. The van der Waals surface area contributed by atoms with Crippen molar-refractivity contribution in [3.63, 3.8) is 0 Å². The van der Waals surface area contributed by atoms with Crippen molar-refractivity contribution in [3.8, 4) is 11.5 Å². The molecule has 0 saturated heterocycles. The topological polar surface area (TPSA) is 174 Å². The Labute approximate surface area is 210 Å². The van der Waals surface area contributed by atoms with Crippen molar-refractivity contribution in [2.75, 3.05) is 49.2 Å². The highest BCUT2D eigenvalue weighted by Crippen LogP contribution is 2.35. The minimum absolute atomic E-state index is 0.444. The van der Waals surface area contributed by atoms with Crippen LogP contribution in [0.25, 0.3) is 0 Å². The fourth-order valence-electron chi connectivity index (χ4n) is 3.21. The number of hydrogen-bond acceptors (Lipinski definition) is 8. The molecule has 12 nitrogen and oxygen atoms in total. The molecule has 2 rings (SSSR count). The van der Waals surface area contributed by atoms with Crippen LogP contribution < -0.4 is 19.3 Å². The van der Waals surface area contributed by atoms with Gasteiger partial charge >= 0.3 is 23.9 Å². The maximum Gasteiger partial charge on any atom is 0.323 e. The van der Waals surface area contributed by atoms with Crippen LogP contribution in [0, 0.1) is 23.3 Å². The van der Waals surface area contributed by atoms with Gasteiger partial charge in [-0.2, -0.15) is 8.78 Å². The Balaban J connectivity index is 2.31. The van der Waals surface area contributed by atoms with Crippen LogP contribution in [-0.4, -0.2) is 83.7 Å². The van der Waals surface area contributed by atoms with Crippen LogP contribution in [0.4, 0.5) is 28.9 Å². The summed E-state index contributed by atoms with van der Waals surface area (Å²) >= 11 is 0. The van der Waals surface area contributed by atoms with Gasteiger partial charge in [0.05, 0.1) is 11.4 Å². The van der Waals surface area contributed by atoms with Crippen molar-refractivity contribution in [1.29, 1.82) is 0 Å². The average molecular weight is 548 g/mol. The third-order valence-electron chi connectivity index (χ3n) is 4.62. The van der Waals surface area contributed by atoms with Crippen LogP contribution >= 0.6 is 0 Å². The fraction of sp³-hybridized carbons (Fsp3) is 0.273. The third-order valence-corrected chi connectivity index (χ3v) is 4.62. The van der Waals surface area contributed by atoms with Crippen molar-refractivity contribution < 1.29 is 66.6 Å². The normalized spacial score (nSPS) is 10.5. The second-order valence-electron chi connectivity index (χ2n) is 7.40. The van der Waals surface area contributed by atoms with Gasteiger partial charge in [-0.1, -0.05) is 0 Å². The van der Waals surface area contributed by atoms with E-state index in [1.54, 1.807) is 0 Å². The Kier molecular flexibility index (Phi) is 10.1. The van der Waals surface area contributed by atoms with Crippen LogP contribution in [0.15, 0.2) is 24.3 Å². The number of carboxylic acids is 4. The number of benzene rings is 2. The summed E-state index contributed by atoms with van der Waals surface area (Å²) < 4.78 is 66.9. The number of nitrogens with zero attached hydrogens (tertiary/aromatic N) is 2. The molecular weight excluding hydrogens is 528 g/mol. The zero-order valence-corrected chi connectivity index (χ0v) is 19.2. The Morgan fingerprint density at radius 2 is 0.868 bits per heavy atom. The first kappa shape index (κ1) is 29.5. The van der Waals surface area contributed by atoms with Crippen LogP contribution in [-0.2, 0) is 19.2 Å². The second kappa shape index (κ2) is 13.0. The Hall–Kier alpha value is -4.76. The lowest BCUT2D eigenvalue weighted by Crippen LogP contribution is -2.35. The summed E-state index contributed by atoms with van der Waals surface area (Å²) in [6, 6.07) is 2.97. The van der Waals surface area contributed by atoms with Crippen molar-refractivity contribution in [2.24, 2.45) is 0 Å². The van der Waals surface area contributed by atoms with Crippen molar-refractivity contribution in [2.45, 2.75) is 0 Å². The molecule has 206 valence electrons. The summed E-state index contributed by atoms with van der Waals surface area (Å²) in [4.78, 5) is 45.8. The van der Waals surface area contributed by atoms with Crippen LogP contribution in [0.5, 0.6) is 11.5 Å². The molecule has 38 heavy (non-hydrogen) atoms. The zero-order chi connectivity index (χ0) is 28.6. The van der Waals surface area contributed by atoms with E-state index in [-0.39, 0.29) is 0 Å². The molecule has 0 bridgehead atoms. The Bertz CT molecular complexity index is 1100. The van der Waals surface area contributed by atoms with Crippen molar-refractivity contribution >= 4 is 35.3 Å². The highest BCUT2D eigenvalue weighted by atomic mass is 19.2. The smallest absolute Gasteiger partial charge is 0.323 e. The molecule has 0 heterocycles. The molecule has 0 amide bonds. The second-order valence-corrected chi connectivity index (χ2v) is 7.40. The van der Waals surface area contributed by atoms with E-state index in [4.69, 9.17) is 29.9 Å². The third kappa shape index (κ3) is 7.87. The molecule has 0 fully saturated rings. The lowest BCUT2D eigenvalue weighted by Gasteiger charge is -2.25. The predicted octanol–water partition coefficient (Wildman–Crippen LogP) is 1.65. The van der Waals surface area contributed by atoms with Crippen molar-refractivity contribution in [3.05, 3.63) is 47.5 Å². The van der Waals surface area contributed by atoms with Crippen LogP contribution in [0.2, 0.25) is 0 Å². The van der Waals surface area contributed by atoms with E-state index < -0.39 is 109 Å². The SMILES string of the molecule is O=C(O)CN(CC(=O)O)c1ccc([19F])c([19F])c1OCCOc1c(N(CC(=O)O)CC(=O)O)ccc([19F])c1[19F]. The first-order valence-electron chi connectivity index (χ1n) is 10.4. The van der Waals surface area contributed by atoms with Gasteiger partial charge in [-0.3, -0.25) is 19.2 Å². The zero-order valence-electron chi connectivity index (χ0n) is 19.2. The van der Waals surface area contributed by atoms with E-state index in [1.165, 1.54) is 0 Å². The molecule has 0 spiro atoms.